The summed E-state index contributed by atoms with van der Waals surface area (Å²) in [4.78, 5) is 34.6. The van der Waals surface area contributed by atoms with E-state index in [0.29, 0.717) is 33.2 Å². The summed E-state index contributed by atoms with van der Waals surface area (Å²) in [6.07, 6.45) is 6.17. The molecule has 7 nitrogen and oxygen atoms in total. The van der Waals surface area contributed by atoms with Crippen molar-refractivity contribution in [3.63, 3.8) is 0 Å². The first-order valence-electron chi connectivity index (χ1n) is 9.87. The summed E-state index contributed by atoms with van der Waals surface area (Å²) in [5, 5.41) is 11.5. The van der Waals surface area contributed by atoms with E-state index in [4.69, 9.17) is 4.42 Å². The van der Waals surface area contributed by atoms with Gasteiger partial charge in [-0.2, -0.15) is 0 Å². The van der Waals surface area contributed by atoms with Gasteiger partial charge in [-0.1, -0.05) is 26.8 Å². The fourth-order valence-corrected chi connectivity index (χ4v) is 3.42. The van der Waals surface area contributed by atoms with Crippen molar-refractivity contribution in [3.8, 4) is 17.0 Å². The Hall–Kier alpha value is -3.87. The number of pyridine rings is 2. The molecule has 0 aliphatic heterocycles. The van der Waals surface area contributed by atoms with Gasteiger partial charge in [0.05, 0.1) is 24.6 Å². The predicted octanol–water partition coefficient (Wildman–Crippen LogP) is 4.10. The van der Waals surface area contributed by atoms with Crippen molar-refractivity contribution in [2.24, 2.45) is 4.99 Å². The zero-order valence-corrected chi connectivity index (χ0v) is 17.5. The topological polar surface area (TPSA) is 111 Å². The van der Waals surface area contributed by atoms with Gasteiger partial charge in [0, 0.05) is 46.1 Å². The largest absolute Gasteiger partial charge is 0.494 e. The summed E-state index contributed by atoms with van der Waals surface area (Å²) < 4.78 is 5.03. The van der Waals surface area contributed by atoms with Crippen LogP contribution in [-0.2, 0) is 12.0 Å². The van der Waals surface area contributed by atoms with E-state index in [1.54, 1.807) is 18.3 Å². The highest BCUT2D eigenvalue weighted by atomic mass is 16.3. The highest BCUT2D eigenvalue weighted by Crippen LogP contribution is 2.28. The van der Waals surface area contributed by atoms with E-state index >= 15 is 0 Å². The average Bonchev–Trinajstić information content (AvgIpc) is 3.24. The van der Waals surface area contributed by atoms with Gasteiger partial charge in [0.15, 0.2) is 5.43 Å². The van der Waals surface area contributed by atoms with Gasteiger partial charge in [-0.25, -0.2) is 0 Å². The number of aliphatic imine (C=N–C) groups is 1. The molecule has 0 unspecified atom stereocenters. The lowest BCUT2D eigenvalue weighted by atomic mass is 9.85. The molecular weight excluding hydrogens is 394 g/mol. The molecule has 0 fully saturated rings. The van der Waals surface area contributed by atoms with Crippen LogP contribution < -0.4 is 11.0 Å². The minimum absolute atomic E-state index is 0.114. The Balaban J connectivity index is 1.67. The number of benzene rings is 1. The third-order valence-electron chi connectivity index (χ3n) is 5.19. The van der Waals surface area contributed by atoms with Gasteiger partial charge in [-0.15, -0.1) is 0 Å². The number of aromatic nitrogens is 2. The Kier molecular flexibility index (Phi) is 5.10. The van der Waals surface area contributed by atoms with Crippen LogP contribution in [0.5, 0.6) is 5.88 Å². The number of nitrogens with one attached hydrogen (secondary N) is 2. The molecule has 4 aromatic rings. The standard InChI is InChI=1S/C24H23N3O4/c1-24(2,3)15-4-5-17-18(8-15)20(23(30)27-22(17)29)11-25-10-16-9-21(28)19(12-26-16)14-6-7-31-13-14/h4-9,11-13H,10H2,1-3H3,(H,26,28)(H2,27,29,30). The molecule has 0 saturated carbocycles. The zero-order chi connectivity index (χ0) is 22.2. The number of fused-ring (bicyclic) bond motifs is 1. The Morgan fingerprint density at radius 1 is 1.13 bits per heavy atom. The molecule has 158 valence electrons. The third-order valence-corrected chi connectivity index (χ3v) is 5.19. The van der Waals surface area contributed by atoms with Crippen molar-refractivity contribution in [2.45, 2.75) is 32.7 Å². The predicted molar refractivity (Wildman–Crippen MR) is 121 cm³/mol. The van der Waals surface area contributed by atoms with Crippen molar-refractivity contribution in [2.75, 3.05) is 0 Å². The molecule has 3 N–H and O–H groups in total. The van der Waals surface area contributed by atoms with Crippen LogP contribution in [0.3, 0.4) is 0 Å². The van der Waals surface area contributed by atoms with Crippen LogP contribution >= 0.6 is 0 Å². The first-order valence-corrected chi connectivity index (χ1v) is 9.87. The minimum Gasteiger partial charge on any atom is -0.494 e. The molecule has 7 heteroatoms. The molecule has 0 amide bonds. The van der Waals surface area contributed by atoms with Gasteiger partial charge in [-0.3, -0.25) is 19.6 Å². The van der Waals surface area contributed by atoms with Crippen LogP contribution in [0.15, 0.2) is 68.1 Å². The Labute approximate surface area is 178 Å². The van der Waals surface area contributed by atoms with E-state index in [2.05, 4.69) is 35.7 Å². The van der Waals surface area contributed by atoms with Crippen LogP contribution in [0.4, 0.5) is 0 Å². The van der Waals surface area contributed by atoms with Gasteiger partial charge in [0.1, 0.15) is 0 Å². The van der Waals surface area contributed by atoms with Crippen molar-refractivity contribution < 1.29 is 9.52 Å². The summed E-state index contributed by atoms with van der Waals surface area (Å²) in [6, 6.07) is 8.80. The lowest BCUT2D eigenvalue weighted by Crippen LogP contribution is -2.13. The number of H-pyrrole nitrogens is 2. The van der Waals surface area contributed by atoms with Gasteiger partial charge in [0.25, 0.3) is 5.56 Å². The molecule has 31 heavy (non-hydrogen) atoms. The highest BCUT2D eigenvalue weighted by molar-refractivity contribution is 6.01. The fourth-order valence-electron chi connectivity index (χ4n) is 3.42. The molecule has 0 aliphatic rings. The van der Waals surface area contributed by atoms with Gasteiger partial charge in [-0.05, 0) is 29.2 Å². The van der Waals surface area contributed by atoms with Crippen LogP contribution in [0.25, 0.3) is 21.9 Å². The van der Waals surface area contributed by atoms with Gasteiger partial charge < -0.3 is 14.5 Å². The second-order valence-corrected chi connectivity index (χ2v) is 8.44. The number of hydrogen-bond donors (Lipinski definition) is 3. The van der Waals surface area contributed by atoms with Crippen molar-refractivity contribution in [3.05, 3.63) is 86.5 Å². The Morgan fingerprint density at radius 2 is 1.94 bits per heavy atom. The van der Waals surface area contributed by atoms with E-state index in [0.717, 1.165) is 5.56 Å². The van der Waals surface area contributed by atoms with E-state index in [1.165, 1.54) is 24.8 Å². The maximum absolute atomic E-state index is 12.4. The van der Waals surface area contributed by atoms with E-state index in [1.807, 2.05) is 12.1 Å². The minimum atomic E-state index is -0.357. The van der Waals surface area contributed by atoms with Gasteiger partial charge >= 0.3 is 0 Å². The second kappa shape index (κ2) is 7.75. The van der Waals surface area contributed by atoms with Gasteiger partial charge in [0.2, 0.25) is 5.88 Å². The summed E-state index contributed by atoms with van der Waals surface area (Å²) in [6.45, 7) is 6.45. The maximum Gasteiger partial charge on any atom is 0.258 e. The molecule has 0 atom stereocenters. The lowest BCUT2D eigenvalue weighted by Gasteiger charge is -2.19. The van der Waals surface area contributed by atoms with Crippen molar-refractivity contribution in [1.82, 2.24) is 9.97 Å². The first-order chi connectivity index (χ1) is 14.7. The molecule has 4 rings (SSSR count). The van der Waals surface area contributed by atoms with E-state index < -0.39 is 0 Å². The zero-order valence-electron chi connectivity index (χ0n) is 17.5. The molecular formula is C24H23N3O4. The van der Waals surface area contributed by atoms with Crippen LogP contribution in [0, 0.1) is 0 Å². The average molecular weight is 417 g/mol. The fraction of sp³-hybridized carbons (Fsp3) is 0.208. The van der Waals surface area contributed by atoms with Crippen LogP contribution in [0.1, 0.15) is 37.6 Å². The monoisotopic (exact) mass is 417 g/mol. The number of furan rings is 1. The molecule has 0 saturated heterocycles. The Morgan fingerprint density at radius 3 is 2.61 bits per heavy atom. The molecule has 3 heterocycles. The number of rotatable bonds is 4. The summed E-state index contributed by atoms with van der Waals surface area (Å²) in [7, 11) is 0. The third kappa shape index (κ3) is 4.07. The summed E-state index contributed by atoms with van der Waals surface area (Å²) in [5.41, 5.74) is 2.70. The van der Waals surface area contributed by atoms with Crippen LogP contribution in [0.2, 0.25) is 0 Å². The summed E-state index contributed by atoms with van der Waals surface area (Å²) >= 11 is 0. The number of hydrogen-bond acceptors (Lipinski definition) is 5. The number of aromatic amines is 2. The highest BCUT2D eigenvalue weighted by Gasteiger charge is 2.17. The lowest BCUT2D eigenvalue weighted by molar-refractivity contribution is 0.452. The quantitative estimate of drug-likeness (QED) is 0.434. The normalized spacial score (nSPS) is 12.1. The molecule has 0 aliphatic carbocycles. The maximum atomic E-state index is 12.4. The molecule has 0 radical (unpaired) electrons. The van der Waals surface area contributed by atoms with E-state index in [9.17, 15) is 14.7 Å². The number of aromatic hydroxyl groups is 1. The smallest absolute Gasteiger partial charge is 0.258 e. The molecule has 3 aromatic heterocycles. The van der Waals surface area contributed by atoms with Crippen molar-refractivity contribution in [1.29, 1.82) is 0 Å². The molecule has 0 spiro atoms. The number of nitrogens with zero attached hydrogens (tertiary/aromatic N) is 1. The first kappa shape index (κ1) is 20.4. The van der Waals surface area contributed by atoms with E-state index in [-0.39, 0.29) is 28.8 Å². The summed E-state index contributed by atoms with van der Waals surface area (Å²) in [5.74, 6) is -0.240. The second-order valence-electron chi connectivity index (χ2n) is 8.44. The molecule has 0 bridgehead atoms. The van der Waals surface area contributed by atoms with Crippen LogP contribution in [-0.4, -0.2) is 21.3 Å². The Bertz CT molecular complexity index is 1390. The molecule has 1 aromatic carbocycles. The SMILES string of the molecule is CC(C)(C)c1ccc2c(=O)[nH]c(O)c(C=NCc3cc(=O)c(-c4ccoc4)c[nH]3)c2c1. The van der Waals surface area contributed by atoms with Crippen molar-refractivity contribution >= 4 is 17.0 Å².